The molecule has 0 saturated heterocycles. The number of nitrogens with zero attached hydrogens (tertiary/aromatic N) is 2. The average molecular weight is 539 g/mol. The molecule has 2 aromatic carbocycles. The maximum absolute atomic E-state index is 12.8. The Labute approximate surface area is 211 Å². The van der Waals surface area contributed by atoms with Crippen molar-refractivity contribution < 1.29 is 40.6 Å². The van der Waals surface area contributed by atoms with E-state index in [-0.39, 0.29) is 38.4 Å². The van der Waals surface area contributed by atoms with Gasteiger partial charge in [0.1, 0.15) is 12.4 Å². The molecule has 12 heteroatoms. The molecule has 4 rings (SSSR count). The first-order valence-electron chi connectivity index (χ1n) is 11.4. The zero-order valence-corrected chi connectivity index (χ0v) is 20.9. The molecule has 0 aliphatic carbocycles. The standard InChI is InChI=1S/C25H25F3N2O6S/c1-15-22(36-24(29-15)17-3-7-18(8-4-17)25(26,27)28)14-35-21-9-5-16(6-10-23(31)32)20-13-30(37(2,33)34)12-11-19(20)21/h3-5,7-9H,6,10-14H2,1-2H3,(H,31,32). The summed E-state index contributed by atoms with van der Waals surface area (Å²) >= 11 is 0. The predicted octanol–water partition coefficient (Wildman–Crippen LogP) is 4.58. The van der Waals surface area contributed by atoms with Gasteiger partial charge in [0.15, 0.2) is 5.76 Å². The lowest BCUT2D eigenvalue weighted by Crippen LogP contribution is -2.36. The number of benzene rings is 2. The normalized spacial score (nSPS) is 14.4. The lowest BCUT2D eigenvalue weighted by molar-refractivity contribution is -0.138. The molecule has 0 spiro atoms. The Morgan fingerprint density at radius 1 is 1.16 bits per heavy atom. The van der Waals surface area contributed by atoms with Crippen LogP contribution in [0.25, 0.3) is 11.5 Å². The van der Waals surface area contributed by atoms with Crippen molar-refractivity contribution in [2.75, 3.05) is 12.8 Å². The third kappa shape index (κ3) is 6.13. The number of hydrogen-bond donors (Lipinski definition) is 1. The molecule has 1 aromatic heterocycles. The van der Waals surface area contributed by atoms with Crippen LogP contribution in [0.3, 0.4) is 0 Å². The van der Waals surface area contributed by atoms with Crippen LogP contribution in [0.1, 0.15) is 40.1 Å². The third-order valence-electron chi connectivity index (χ3n) is 6.22. The van der Waals surface area contributed by atoms with Crippen LogP contribution in [0.4, 0.5) is 13.2 Å². The topological polar surface area (TPSA) is 110 Å². The van der Waals surface area contributed by atoms with Gasteiger partial charge in [-0.15, -0.1) is 0 Å². The fraction of sp³-hybridized carbons (Fsp3) is 0.360. The first kappa shape index (κ1) is 26.7. The van der Waals surface area contributed by atoms with Gasteiger partial charge in [-0.3, -0.25) is 4.79 Å². The molecule has 0 amide bonds. The summed E-state index contributed by atoms with van der Waals surface area (Å²) in [5.74, 6) is 0.135. The van der Waals surface area contributed by atoms with Crippen LogP contribution in [0.2, 0.25) is 0 Å². The maximum atomic E-state index is 12.8. The van der Waals surface area contributed by atoms with E-state index in [0.717, 1.165) is 35.1 Å². The number of hydrogen-bond acceptors (Lipinski definition) is 6. The second-order valence-electron chi connectivity index (χ2n) is 8.81. The van der Waals surface area contributed by atoms with Crippen LogP contribution in [-0.4, -0.2) is 41.6 Å². The van der Waals surface area contributed by atoms with E-state index in [1.165, 1.54) is 16.4 Å². The first-order valence-corrected chi connectivity index (χ1v) is 13.2. The molecule has 1 aliphatic rings. The molecular weight excluding hydrogens is 513 g/mol. The van der Waals surface area contributed by atoms with E-state index < -0.39 is 27.7 Å². The molecule has 0 unspecified atom stereocenters. The van der Waals surface area contributed by atoms with Crippen molar-refractivity contribution in [1.29, 1.82) is 0 Å². The Hall–Kier alpha value is -3.38. The minimum Gasteiger partial charge on any atom is -0.485 e. The van der Waals surface area contributed by atoms with Gasteiger partial charge in [-0.2, -0.15) is 17.5 Å². The summed E-state index contributed by atoms with van der Waals surface area (Å²) in [5, 5.41) is 9.09. The molecule has 0 atom stereocenters. The summed E-state index contributed by atoms with van der Waals surface area (Å²) in [6.07, 6.45) is -2.74. The van der Waals surface area contributed by atoms with Crippen molar-refractivity contribution in [2.24, 2.45) is 0 Å². The number of oxazole rings is 1. The van der Waals surface area contributed by atoms with Crippen LogP contribution in [-0.2, 0) is 47.0 Å². The summed E-state index contributed by atoms with van der Waals surface area (Å²) in [6, 6.07) is 7.97. The molecule has 2 heterocycles. The second kappa shape index (κ2) is 10.2. The van der Waals surface area contributed by atoms with E-state index in [9.17, 15) is 26.4 Å². The van der Waals surface area contributed by atoms with E-state index >= 15 is 0 Å². The summed E-state index contributed by atoms with van der Waals surface area (Å²) in [6.45, 7) is 2.09. The minimum atomic E-state index is -4.44. The Balaban J connectivity index is 1.56. The van der Waals surface area contributed by atoms with Crippen molar-refractivity contribution in [3.05, 3.63) is 70.1 Å². The number of alkyl halides is 3. The van der Waals surface area contributed by atoms with Gasteiger partial charge >= 0.3 is 12.1 Å². The Morgan fingerprint density at radius 2 is 1.86 bits per heavy atom. The Bertz CT molecular complexity index is 1420. The number of aromatic nitrogens is 1. The molecule has 3 aromatic rings. The van der Waals surface area contributed by atoms with Gasteiger partial charge in [0.2, 0.25) is 15.9 Å². The molecule has 8 nitrogen and oxygen atoms in total. The SMILES string of the molecule is Cc1nc(-c2ccc(C(F)(F)F)cc2)oc1COc1ccc(CCC(=O)O)c2c1CCN(S(C)(=O)=O)C2. The number of carboxylic acid groups (broad SMARTS) is 1. The zero-order valence-electron chi connectivity index (χ0n) is 20.1. The highest BCUT2D eigenvalue weighted by Gasteiger charge is 2.30. The van der Waals surface area contributed by atoms with Gasteiger partial charge in [0.05, 0.1) is 17.5 Å². The molecular formula is C25H25F3N2O6S. The Morgan fingerprint density at radius 3 is 2.49 bits per heavy atom. The van der Waals surface area contributed by atoms with Crippen LogP contribution in [0, 0.1) is 6.92 Å². The molecule has 37 heavy (non-hydrogen) atoms. The largest absolute Gasteiger partial charge is 0.485 e. The van der Waals surface area contributed by atoms with E-state index in [0.29, 0.717) is 29.2 Å². The maximum Gasteiger partial charge on any atom is 0.416 e. The number of rotatable bonds is 8. The average Bonchev–Trinajstić information content (AvgIpc) is 3.20. The quantitative estimate of drug-likeness (QED) is 0.447. The highest BCUT2D eigenvalue weighted by atomic mass is 32.2. The number of carbonyl (C=O) groups is 1. The zero-order chi connectivity index (χ0) is 27.0. The number of fused-ring (bicyclic) bond motifs is 1. The van der Waals surface area contributed by atoms with Crippen molar-refractivity contribution in [3.63, 3.8) is 0 Å². The van der Waals surface area contributed by atoms with Gasteiger partial charge < -0.3 is 14.3 Å². The van der Waals surface area contributed by atoms with Crippen molar-refractivity contribution in [1.82, 2.24) is 9.29 Å². The molecule has 0 bridgehead atoms. The van der Waals surface area contributed by atoms with Gasteiger partial charge in [-0.1, -0.05) is 6.07 Å². The van der Waals surface area contributed by atoms with Crippen molar-refractivity contribution >= 4 is 16.0 Å². The predicted molar refractivity (Wildman–Crippen MR) is 127 cm³/mol. The molecule has 0 fully saturated rings. The highest BCUT2D eigenvalue weighted by molar-refractivity contribution is 7.88. The van der Waals surface area contributed by atoms with Crippen LogP contribution in [0.5, 0.6) is 5.75 Å². The van der Waals surface area contributed by atoms with E-state index in [1.807, 2.05) is 0 Å². The molecule has 1 N–H and O–H groups in total. The number of ether oxygens (including phenoxy) is 1. The van der Waals surface area contributed by atoms with Crippen LogP contribution >= 0.6 is 0 Å². The van der Waals surface area contributed by atoms with Gasteiger partial charge in [-0.25, -0.2) is 13.4 Å². The lowest BCUT2D eigenvalue weighted by atomic mass is 9.92. The molecule has 198 valence electrons. The monoisotopic (exact) mass is 538 g/mol. The van der Waals surface area contributed by atoms with Crippen LogP contribution in [0.15, 0.2) is 40.8 Å². The minimum absolute atomic E-state index is 0.00380. The van der Waals surface area contributed by atoms with Gasteiger partial charge in [0.25, 0.3) is 0 Å². The number of carboxylic acids is 1. The number of aliphatic carboxylic acids is 1. The van der Waals surface area contributed by atoms with Crippen molar-refractivity contribution in [3.8, 4) is 17.2 Å². The van der Waals surface area contributed by atoms with Gasteiger partial charge in [-0.05, 0) is 61.2 Å². The van der Waals surface area contributed by atoms with Crippen LogP contribution < -0.4 is 4.74 Å². The van der Waals surface area contributed by atoms with Gasteiger partial charge in [0, 0.05) is 30.6 Å². The molecule has 0 saturated carbocycles. The summed E-state index contributed by atoms with van der Waals surface area (Å²) in [5.41, 5.74) is 2.43. The number of sulfonamides is 1. The molecule has 1 aliphatic heterocycles. The number of halogens is 3. The second-order valence-corrected chi connectivity index (χ2v) is 10.8. The smallest absolute Gasteiger partial charge is 0.416 e. The molecule has 0 radical (unpaired) electrons. The fourth-order valence-corrected chi connectivity index (χ4v) is 4.99. The summed E-state index contributed by atoms with van der Waals surface area (Å²) in [4.78, 5) is 15.4. The lowest BCUT2D eigenvalue weighted by Gasteiger charge is -2.30. The summed E-state index contributed by atoms with van der Waals surface area (Å²) < 4.78 is 75.9. The summed E-state index contributed by atoms with van der Waals surface area (Å²) in [7, 11) is -3.43. The first-order chi connectivity index (χ1) is 17.3. The highest BCUT2D eigenvalue weighted by Crippen LogP contribution is 2.34. The van der Waals surface area contributed by atoms with E-state index in [4.69, 9.17) is 14.3 Å². The van der Waals surface area contributed by atoms with E-state index in [1.54, 1.807) is 19.1 Å². The number of aryl methyl sites for hydroxylation is 2. The third-order valence-corrected chi connectivity index (χ3v) is 7.47. The van der Waals surface area contributed by atoms with Crippen molar-refractivity contribution in [2.45, 2.75) is 45.5 Å². The Kier molecular flexibility index (Phi) is 7.33. The fourth-order valence-electron chi connectivity index (χ4n) is 4.21. The van der Waals surface area contributed by atoms with E-state index in [2.05, 4.69) is 4.98 Å².